The van der Waals surface area contributed by atoms with Gasteiger partial charge in [-0.1, -0.05) is 78.7 Å². The lowest BCUT2D eigenvalue weighted by molar-refractivity contribution is -0.140. The van der Waals surface area contributed by atoms with Crippen molar-refractivity contribution in [3.63, 3.8) is 0 Å². The maximum Gasteiger partial charge on any atom is 0.242 e. The number of aryl methyl sites for hydroxylation is 1. The zero-order valence-electron chi connectivity index (χ0n) is 19.3. The molecule has 0 fully saturated rings. The molecule has 0 heterocycles. The second kappa shape index (κ2) is 11.5. The van der Waals surface area contributed by atoms with Crippen molar-refractivity contribution >= 4 is 45.8 Å². The number of amides is 2. The van der Waals surface area contributed by atoms with Gasteiger partial charge in [-0.05, 0) is 60.7 Å². The molecule has 6 heteroatoms. The Bertz CT molecular complexity index is 1130. The highest BCUT2D eigenvalue weighted by molar-refractivity contribution is 6.35. The monoisotopic (exact) mass is 484 g/mol. The summed E-state index contributed by atoms with van der Waals surface area (Å²) in [6.45, 7) is 5.96. The maximum absolute atomic E-state index is 13.4. The first-order chi connectivity index (χ1) is 15.8. The van der Waals surface area contributed by atoms with E-state index in [4.69, 9.17) is 23.2 Å². The van der Waals surface area contributed by atoms with Crippen molar-refractivity contribution in [3.05, 3.63) is 81.8 Å². The van der Waals surface area contributed by atoms with Crippen LogP contribution in [0.4, 0.5) is 0 Å². The Morgan fingerprint density at radius 3 is 2.42 bits per heavy atom. The van der Waals surface area contributed by atoms with Crippen molar-refractivity contribution in [2.24, 2.45) is 0 Å². The highest BCUT2D eigenvalue weighted by Gasteiger charge is 2.27. The van der Waals surface area contributed by atoms with Crippen molar-refractivity contribution in [1.82, 2.24) is 10.2 Å². The van der Waals surface area contributed by atoms with Crippen molar-refractivity contribution in [1.29, 1.82) is 0 Å². The van der Waals surface area contributed by atoms with Crippen LogP contribution in [0.2, 0.25) is 10.0 Å². The van der Waals surface area contributed by atoms with Crippen LogP contribution in [-0.2, 0) is 22.6 Å². The number of nitrogens with zero attached hydrogens (tertiary/aromatic N) is 1. The Morgan fingerprint density at radius 2 is 1.70 bits per heavy atom. The third kappa shape index (κ3) is 6.49. The van der Waals surface area contributed by atoms with E-state index in [2.05, 4.69) is 29.6 Å². The zero-order valence-corrected chi connectivity index (χ0v) is 20.8. The van der Waals surface area contributed by atoms with E-state index >= 15 is 0 Å². The molecular weight excluding hydrogens is 455 g/mol. The number of fused-ring (bicyclic) bond motifs is 1. The summed E-state index contributed by atoms with van der Waals surface area (Å²) >= 11 is 12.4. The van der Waals surface area contributed by atoms with E-state index in [9.17, 15) is 9.59 Å². The molecule has 0 aliphatic heterocycles. The molecule has 174 valence electrons. The van der Waals surface area contributed by atoms with Crippen LogP contribution in [0.15, 0.2) is 60.7 Å². The molecule has 3 aromatic rings. The third-order valence-electron chi connectivity index (χ3n) is 6.01. The first-order valence-electron chi connectivity index (χ1n) is 11.3. The fourth-order valence-corrected chi connectivity index (χ4v) is 4.25. The SMILES string of the molecule is CC[C@@H](C)NC(=O)[C@H](C)N(Cc1ccc(Cl)cc1Cl)C(=O)CCc1cccc2ccccc12. The number of nitrogens with one attached hydrogen (secondary N) is 1. The number of halogens is 2. The van der Waals surface area contributed by atoms with Gasteiger partial charge in [0, 0.05) is 29.1 Å². The van der Waals surface area contributed by atoms with E-state index in [1.165, 1.54) is 0 Å². The van der Waals surface area contributed by atoms with Crippen LogP contribution in [0.1, 0.15) is 44.7 Å². The van der Waals surface area contributed by atoms with Gasteiger partial charge in [0.05, 0.1) is 0 Å². The molecule has 3 aromatic carbocycles. The lowest BCUT2D eigenvalue weighted by Crippen LogP contribution is -2.49. The summed E-state index contributed by atoms with van der Waals surface area (Å²) in [5, 5.41) is 6.28. The predicted octanol–water partition coefficient (Wildman–Crippen LogP) is 6.41. The molecule has 4 nitrogen and oxygen atoms in total. The Balaban J connectivity index is 1.82. The Labute approximate surface area is 205 Å². The molecule has 33 heavy (non-hydrogen) atoms. The van der Waals surface area contributed by atoms with Gasteiger partial charge in [0.1, 0.15) is 6.04 Å². The van der Waals surface area contributed by atoms with Crippen LogP contribution in [0.5, 0.6) is 0 Å². The van der Waals surface area contributed by atoms with E-state index in [0.717, 1.165) is 28.3 Å². The molecule has 0 bridgehead atoms. The zero-order chi connectivity index (χ0) is 24.0. The molecule has 1 N–H and O–H groups in total. The van der Waals surface area contributed by atoms with Gasteiger partial charge in [0.2, 0.25) is 11.8 Å². The fraction of sp³-hybridized carbons (Fsp3) is 0.333. The van der Waals surface area contributed by atoms with E-state index < -0.39 is 6.04 Å². The van der Waals surface area contributed by atoms with Crippen molar-refractivity contribution < 1.29 is 9.59 Å². The first-order valence-corrected chi connectivity index (χ1v) is 12.1. The van der Waals surface area contributed by atoms with E-state index in [0.29, 0.717) is 22.9 Å². The topological polar surface area (TPSA) is 49.4 Å². The van der Waals surface area contributed by atoms with Gasteiger partial charge in [-0.15, -0.1) is 0 Å². The number of benzene rings is 3. The summed E-state index contributed by atoms with van der Waals surface area (Å²) in [5.74, 6) is -0.270. The molecule has 3 rings (SSSR count). The standard InChI is InChI=1S/C27H30Cl2N2O2/c1-4-18(2)30-27(33)19(3)31(17-22-12-14-23(28)16-25(22)29)26(32)15-13-21-10-7-9-20-8-5-6-11-24(20)21/h5-12,14,16,18-19H,4,13,15,17H2,1-3H3,(H,30,33)/t18-,19+/m1/s1. The highest BCUT2D eigenvalue weighted by Crippen LogP contribution is 2.24. The third-order valence-corrected chi connectivity index (χ3v) is 6.60. The number of hydrogen-bond donors (Lipinski definition) is 1. The average molecular weight is 485 g/mol. The largest absolute Gasteiger partial charge is 0.352 e. The summed E-state index contributed by atoms with van der Waals surface area (Å²) in [7, 11) is 0. The van der Waals surface area contributed by atoms with E-state index in [1.807, 2.05) is 32.0 Å². The molecular formula is C27H30Cl2N2O2. The summed E-state index contributed by atoms with van der Waals surface area (Å²) in [5.41, 5.74) is 1.87. The molecule has 0 aromatic heterocycles. The average Bonchev–Trinajstić information content (AvgIpc) is 2.81. The van der Waals surface area contributed by atoms with Gasteiger partial charge in [0.15, 0.2) is 0 Å². The van der Waals surface area contributed by atoms with E-state index in [-0.39, 0.29) is 24.4 Å². The van der Waals surface area contributed by atoms with Gasteiger partial charge < -0.3 is 10.2 Å². The lowest BCUT2D eigenvalue weighted by Gasteiger charge is -2.30. The van der Waals surface area contributed by atoms with Crippen molar-refractivity contribution in [2.45, 2.75) is 58.7 Å². The molecule has 0 aliphatic carbocycles. The summed E-state index contributed by atoms with van der Waals surface area (Å²) in [6.07, 6.45) is 1.70. The molecule has 0 spiro atoms. The van der Waals surface area contributed by atoms with Gasteiger partial charge in [-0.2, -0.15) is 0 Å². The van der Waals surface area contributed by atoms with Crippen molar-refractivity contribution in [3.8, 4) is 0 Å². The Hall–Kier alpha value is -2.56. The molecule has 0 aliphatic rings. The van der Waals surface area contributed by atoms with Crippen LogP contribution in [-0.4, -0.2) is 28.8 Å². The predicted molar refractivity (Wildman–Crippen MR) is 137 cm³/mol. The fourth-order valence-electron chi connectivity index (χ4n) is 3.78. The highest BCUT2D eigenvalue weighted by atomic mass is 35.5. The Kier molecular flexibility index (Phi) is 8.76. The first kappa shape index (κ1) is 25.1. The van der Waals surface area contributed by atoms with Crippen LogP contribution in [0.3, 0.4) is 0 Å². The molecule has 0 radical (unpaired) electrons. The quantitative estimate of drug-likeness (QED) is 0.381. The minimum atomic E-state index is -0.634. The van der Waals surface area contributed by atoms with Crippen LogP contribution in [0.25, 0.3) is 10.8 Å². The smallest absolute Gasteiger partial charge is 0.242 e. The van der Waals surface area contributed by atoms with Crippen LogP contribution >= 0.6 is 23.2 Å². The van der Waals surface area contributed by atoms with Crippen LogP contribution < -0.4 is 5.32 Å². The van der Waals surface area contributed by atoms with Gasteiger partial charge >= 0.3 is 0 Å². The second-order valence-electron chi connectivity index (χ2n) is 8.39. The maximum atomic E-state index is 13.4. The number of carbonyl (C=O) groups excluding carboxylic acids is 2. The van der Waals surface area contributed by atoms with Gasteiger partial charge in [-0.25, -0.2) is 0 Å². The van der Waals surface area contributed by atoms with Gasteiger partial charge in [0.25, 0.3) is 0 Å². The van der Waals surface area contributed by atoms with Crippen molar-refractivity contribution in [2.75, 3.05) is 0 Å². The number of hydrogen-bond acceptors (Lipinski definition) is 2. The summed E-state index contributed by atoms with van der Waals surface area (Å²) < 4.78 is 0. The molecule has 2 amide bonds. The van der Waals surface area contributed by atoms with E-state index in [1.54, 1.807) is 30.0 Å². The minimum Gasteiger partial charge on any atom is -0.352 e. The molecule has 0 saturated heterocycles. The van der Waals surface area contributed by atoms with Crippen LogP contribution in [0, 0.1) is 0 Å². The molecule has 0 saturated carbocycles. The number of rotatable bonds is 9. The second-order valence-corrected chi connectivity index (χ2v) is 9.23. The minimum absolute atomic E-state index is 0.0340. The Morgan fingerprint density at radius 1 is 0.970 bits per heavy atom. The molecule has 2 atom stereocenters. The number of carbonyl (C=O) groups is 2. The summed E-state index contributed by atoms with van der Waals surface area (Å²) in [4.78, 5) is 27.9. The lowest BCUT2D eigenvalue weighted by atomic mass is 10.0. The van der Waals surface area contributed by atoms with Gasteiger partial charge in [-0.3, -0.25) is 9.59 Å². The summed E-state index contributed by atoms with van der Waals surface area (Å²) in [6, 6.07) is 18.9. The normalized spacial score (nSPS) is 12.9. The molecule has 0 unspecified atom stereocenters.